The maximum Gasteiger partial charge on any atom is 0.339 e. The van der Waals surface area contributed by atoms with Gasteiger partial charge in [-0.1, -0.05) is 0 Å². The van der Waals surface area contributed by atoms with Gasteiger partial charge in [0.15, 0.2) is 0 Å². The molecule has 0 aliphatic carbocycles. The summed E-state index contributed by atoms with van der Waals surface area (Å²) in [6, 6.07) is 0. The average molecular weight is 208 g/mol. The van der Waals surface area contributed by atoms with Gasteiger partial charge in [-0.25, -0.2) is 9.59 Å². The van der Waals surface area contributed by atoms with Crippen LogP contribution in [-0.4, -0.2) is 22.5 Å². The molecule has 0 aromatic rings. The summed E-state index contributed by atoms with van der Waals surface area (Å²) in [5, 5.41) is 14.6. The summed E-state index contributed by atoms with van der Waals surface area (Å²) < 4.78 is 0. The SMILES string of the molecule is CC(=O)OO.CC(=O)OO.[Fe]. The molecule has 11 heavy (non-hydrogen) atoms. The summed E-state index contributed by atoms with van der Waals surface area (Å²) in [7, 11) is 0. The van der Waals surface area contributed by atoms with Gasteiger partial charge in [0.2, 0.25) is 0 Å². The normalized spacial score (nSPS) is 6.18. The molecule has 0 saturated carbocycles. The summed E-state index contributed by atoms with van der Waals surface area (Å²) in [6.07, 6.45) is 0. The molecule has 0 heterocycles. The molecule has 7 heteroatoms. The number of carbonyl (C=O) groups is 2. The monoisotopic (exact) mass is 208 g/mol. The van der Waals surface area contributed by atoms with E-state index in [-0.39, 0.29) is 17.1 Å². The average Bonchev–Trinajstić information content (AvgIpc) is 1.89. The van der Waals surface area contributed by atoms with Crippen molar-refractivity contribution < 1.29 is 46.9 Å². The first kappa shape index (κ1) is 16.8. The van der Waals surface area contributed by atoms with Gasteiger partial charge in [-0.05, 0) is 0 Å². The summed E-state index contributed by atoms with van der Waals surface area (Å²) >= 11 is 0. The standard InChI is InChI=1S/2C2H4O3.Fe/c2*1-2(3)5-4;/h2*4H,1H3;. The van der Waals surface area contributed by atoms with Gasteiger partial charge in [0.25, 0.3) is 0 Å². The number of hydrogen-bond donors (Lipinski definition) is 2. The topological polar surface area (TPSA) is 93.1 Å². The first-order valence-electron chi connectivity index (χ1n) is 2.18. The Morgan fingerprint density at radius 3 is 1.09 bits per heavy atom. The molecule has 0 fully saturated rings. The molecular weight excluding hydrogens is 200 g/mol. The Balaban J connectivity index is -0.000000107. The van der Waals surface area contributed by atoms with Crippen molar-refractivity contribution in [1.82, 2.24) is 0 Å². The molecule has 68 valence electrons. The van der Waals surface area contributed by atoms with Crippen LogP contribution in [0.3, 0.4) is 0 Å². The number of rotatable bonds is 0. The molecule has 0 amide bonds. The molecule has 6 nitrogen and oxygen atoms in total. The zero-order valence-corrected chi connectivity index (χ0v) is 6.99. The van der Waals surface area contributed by atoms with Gasteiger partial charge in [-0.3, -0.25) is 0 Å². The zero-order chi connectivity index (χ0) is 8.57. The molecule has 0 rings (SSSR count). The molecular formula is C4H8FeO6. The van der Waals surface area contributed by atoms with Gasteiger partial charge >= 0.3 is 11.9 Å². The minimum atomic E-state index is -0.690. The molecule has 0 atom stereocenters. The van der Waals surface area contributed by atoms with Crippen molar-refractivity contribution in [3.63, 3.8) is 0 Å². The van der Waals surface area contributed by atoms with E-state index in [4.69, 9.17) is 10.5 Å². The van der Waals surface area contributed by atoms with Crippen LogP contribution in [0.15, 0.2) is 0 Å². The van der Waals surface area contributed by atoms with Gasteiger partial charge in [-0.15, -0.1) is 0 Å². The van der Waals surface area contributed by atoms with Crippen molar-refractivity contribution in [3.8, 4) is 0 Å². The quantitative estimate of drug-likeness (QED) is 0.331. The van der Waals surface area contributed by atoms with Crippen LogP contribution in [0.4, 0.5) is 0 Å². The molecule has 0 aliphatic rings. The Hall–Kier alpha value is -0.621. The van der Waals surface area contributed by atoms with Crippen LogP contribution in [0.5, 0.6) is 0 Å². The minimum Gasteiger partial charge on any atom is -0.301 e. The molecule has 2 N–H and O–H groups in total. The van der Waals surface area contributed by atoms with Crippen molar-refractivity contribution in [3.05, 3.63) is 0 Å². The van der Waals surface area contributed by atoms with Crippen LogP contribution in [0, 0.1) is 0 Å². The number of carbonyl (C=O) groups excluding carboxylic acids is 2. The molecule has 0 radical (unpaired) electrons. The van der Waals surface area contributed by atoms with E-state index in [9.17, 15) is 9.59 Å². The third kappa shape index (κ3) is 44.7. The summed E-state index contributed by atoms with van der Waals surface area (Å²) in [4.78, 5) is 24.9. The van der Waals surface area contributed by atoms with Crippen LogP contribution in [0.2, 0.25) is 0 Å². The predicted molar refractivity (Wildman–Crippen MR) is 28.8 cm³/mol. The molecule has 0 saturated heterocycles. The van der Waals surface area contributed by atoms with Crippen molar-refractivity contribution in [1.29, 1.82) is 0 Å². The third-order valence-electron chi connectivity index (χ3n) is 0.257. The Kier molecular flexibility index (Phi) is 18.4. The van der Waals surface area contributed by atoms with Crippen molar-refractivity contribution in [2.75, 3.05) is 0 Å². The van der Waals surface area contributed by atoms with Gasteiger partial charge in [0, 0.05) is 30.9 Å². The van der Waals surface area contributed by atoms with Crippen LogP contribution in [0.1, 0.15) is 13.8 Å². The Labute approximate surface area is 73.4 Å². The smallest absolute Gasteiger partial charge is 0.301 e. The Bertz CT molecular complexity index is 99.1. The Morgan fingerprint density at radius 2 is 1.09 bits per heavy atom. The zero-order valence-electron chi connectivity index (χ0n) is 5.88. The van der Waals surface area contributed by atoms with E-state index in [0.717, 1.165) is 13.8 Å². The van der Waals surface area contributed by atoms with E-state index in [1.165, 1.54) is 0 Å². The summed E-state index contributed by atoms with van der Waals surface area (Å²) in [6.45, 7) is 2.22. The second-order valence-corrected chi connectivity index (χ2v) is 1.17. The third-order valence-corrected chi connectivity index (χ3v) is 0.257. The first-order valence-corrected chi connectivity index (χ1v) is 2.18. The van der Waals surface area contributed by atoms with E-state index in [0.29, 0.717) is 0 Å². The van der Waals surface area contributed by atoms with Crippen LogP contribution in [0.25, 0.3) is 0 Å². The predicted octanol–water partition coefficient (Wildman–Crippen LogP) is 0.0425. The molecule has 0 bridgehead atoms. The van der Waals surface area contributed by atoms with Crippen molar-refractivity contribution >= 4 is 11.9 Å². The van der Waals surface area contributed by atoms with Crippen LogP contribution < -0.4 is 0 Å². The van der Waals surface area contributed by atoms with Crippen molar-refractivity contribution in [2.45, 2.75) is 13.8 Å². The van der Waals surface area contributed by atoms with E-state index >= 15 is 0 Å². The van der Waals surface area contributed by atoms with Crippen LogP contribution >= 0.6 is 0 Å². The van der Waals surface area contributed by atoms with Gasteiger partial charge in [0.1, 0.15) is 0 Å². The molecule has 0 spiro atoms. The summed E-state index contributed by atoms with van der Waals surface area (Å²) in [5.74, 6) is -1.38. The number of hydrogen-bond acceptors (Lipinski definition) is 6. The first-order chi connectivity index (χ1) is 4.54. The molecule has 0 aromatic heterocycles. The largest absolute Gasteiger partial charge is 0.339 e. The molecule has 0 aromatic carbocycles. The van der Waals surface area contributed by atoms with Crippen LogP contribution in [-0.2, 0) is 36.4 Å². The van der Waals surface area contributed by atoms with Gasteiger partial charge < -0.3 is 9.78 Å². The van der Waals surface area contributed by atoms with Gasteiger partial charge in [0.05, 0.1) is 0 Å². The van der Waals surface area contributed by atoms with E-state index < -0.39 is 11.9 Å². The maximum absolute atomic E-state index is 9.34. The van der Waals surface area contributed by atoms with E-state index in [1.54, 1.807) is 0 Å². The van der Waals surface area contributed by atoms with E-state index in [2.05, 4.69) is 9.78 Å². The fourth-order valence-electron chi connectivity index (χ4n) is 0. The Morgan fingerprint density at radius 1 is 1.00 bits per heavy atom. The maximum atomic E-state index is 9.34. The van der Waals surface area contributed by atoms with Crippen molar-refractivity contribution in [2.24, 2.45) is 0 Å². The minimum absolute atomic E-state index is 0. The second-order valence-electron chi connectivity index (χ2n) is 1.17. The fraction of sp³-hybridized carbons (Fsp3) is 0.500. The summed E-state index contributed by atoms with van der Waals surface area (Å²) in [5.41, 5.74) is 0. The fourth-order valence-corrected chi connectivity index (χ4v) is 0. The molecule has 0 aliphatic heterocycles. The van der Waals surface area contributed by atoms with Gasteiger partial charge in [-0.2, -0.15) is 10.5 Å². The van der Waals surface area contributed by atoms with E-state index in [1.807, 2.05) is 0 Å². The molecule has 0 unspecified atom stereocenters. The second kappa shape index (κ2) is 12.1.